The van der Waals surface area contributed by atoms with Gasteiger partial charge in [-0.25, -0.2) is 0 Å². The molecule has 3 unspecified atom stereocenters. The van der Waals surface area contributed by atoms with E-state index in [-0.39, 0.29) is 6.04 Å². The summed E-state index contributed by atoms with van der Waals surface area (Å²) in [7, 11) is 0. The first-order valence-electron chi connectivity index (χ1n) is 4.82. The summed E-state index contributed by atoms with van der Waals surface area (Å²) < 4.78 is 0. The molecule has 13 heavy (non-hydrogen) atoms. The zero-order chi connectivity index (χ0) is 10.0. The van der Waals surface area contributed by atoms with Crippen molar-refractivity contribution >= 4 is 17.2 Å². The van der Waals surface area contributed by atoms with Gasteiger partial charge in [-0.05, 0) is 19.3 Å². The van der Waals surface area contributed by atoms with Crippen LogP contribution in [0.4, 0.5) is 0 Å². The summed E-state index contributed by atoms with van der Waals surface area (Å²) in [5.41, 5.74) is 0. The van der Waals surface area contributed by atoms with E-state index >= 15 is 0 Å². The molecule has 1 aliphatic heterocycles. The molecular weight excluding hydrogens is 180 g/mol. The number of hydrogen-bond acceptors (Lipinski definition) is 2. The van der Waals surface area contributed by atoms with E-state index in [9.17, 15) is 0 Å². The molecule has 1 rings (SSSR count). The first-order chi connectivity index (χ1) is 6.11. The largest absolute Gasteiger partial charge is 0.347 e. The summed E-state index contributed by atoms with van der Waals surface area (Å²) in [6.45, 7) is 6.39. The van der Waals surface area contributed by atoms with Crippen molar-refractivity contribution < 1.29 is 0 Å². The fraction of sp³-hybridized carbons (Fsp3) is 0.800. The number of hydrogen-bond donors (Lipinski definition) is 0. The molecule has 0 spiro atoms. The first kappa shape index (κ1) is 10.5. The van der Waals surface area contributed by atoms with Gasteiger partial charge in [-0.1, -0.05) is 26.1 Å². The third-order valence-corrected chi connectivity index (χ3v) is 3.30. The molecule has 72 valence electrons. The molecule has 3 heteroatoms. The van der Waals surface area contributed by atoms with Gasteiger partial charge in [0.2, 0.25) is 0 Å². The number of nitrogens with zero attached hydrogens (tertiary/aromatic N) is 2. The highest BCUT2D eigenvalue weighted by Gasteiger charge is 2.34. The van der Waals surface area contributed by atoms with E-state index in [0.717, 1.165) is 17.8 Å². The fourth-order valence-corrected chi connectivity index (χ4v) is 2.42. The summed E-state index contributed by atoms with van der Waals surface area (Å²) in [5.74, 6) is 0.592. The minimum Gasteiger partial charge on any atom is -0.347 e. The third kappa shape index (κ3) is 1.83. The van der Waals surface area contributed by atoms with Gasteiger partial charge in [0.15, 0.2) is 0 Å². The highest BCUT2D eigenvalue weighted by atomic mass is 32.1. The van der Waals surface area contributed by atoms with Crippen molar-refractivity contribution in [2.75, 3.05) is 0 Å². The molecule has 1 aliphatic rings. The van der Waals surface area contributed by atoms with Gasteiger partial charge in [-0.15, -0.1) is 0 Å². The lowest BCUT2D eigenvalue weighted by molar-refractivity contribution is 0.272. The topological polar surface area (TPSA) is 27.0 Å². The molecule has 0 saturated carbocycles. The van der Waals surface area contributed by atoms with E-state index in [1.807, 2.05) is 6.92 Å². The van der Waals surface area contributed by atoms with Gasteiger partial charge in [0.1, 0.15) is 6.04 Å². The maximum atomic E-state index is 8.96. The van der Waals surface area contributed by atoms with Gasteiger partial charge in [0.25, 0.3) is 0 Å². The van der Waals surface area contributed by atoms with Crippen LogP contribution in [0.1, 0.15) is 33.6 Å². The van der Waals surface area contributed by atoms with E-state index in [1.165, 1.54) is 0 Å². The van der Waals surface area contributed by atoms with Crippen molar-refractivity contribution in [3.63, 3.8) is 0 Å². The number of likely N-dealkylation sites (tertiary alicyclic amines) is 1. The molecule has 0 bridgehead atoms. The van der Waals surface area contributed by atoms with Crippen LogP contribution in [0, 0.1) is 17.2 Å². The monoisotopic (exact) mass is 196 g/mol. The molecule has 0 aliphatic carbocycles. The molecule has 2 nitrogen and oxygen atoms in total. The second-order valence-electron chi connectivity index (χ2n) is 3.78. The average molecular weight is 196 g/mol. The SMILES string of the molecule is CCC(C#N)N1C(=S)CC(C)C1C. The van der Waals surface area contributed by atoms with E-state index in [0.29, 0.717) is 12.0 Å². The molecule has 3 atom stereocenters. The van der Waals surface area contributed by atoms with E-state index in [4.69, 9.17) is 17.5 Å². The van der Waals surface area contributed by atoms with E-state index < -0.39 is 0 Å². The lowest BCUT2D eigenvalue weighted by atomic mass is 10.0. The maximum Gasteiger partial charge on any atom is 0.117 e. The Kier molecular flexibility index (Phi) is 3.27. The van der Waals surface area contributed by atoms with Crippen LogP contribution in [0.2, 0.25) is 0 Å². The predicted octanol–water partition coefficient (Wildman–Crippen LogP) is 2.35. The Bertz CT molecular complexity index is 244. The molecule has 0 amide bonds. The minimum absolute atomic E-state index is 0.0209. The van der Waals surface area contributed by atoms with Gasteiger partial charge < -0.3 is 4.90 Å². The van der Waals surface area contributed by atoms with E-state index in [2.05, 4.69) is 24.8 Å². The minimum atomic E-state index is -0.0209. The molecule has 0 aromatic rings. The molecule has 1 fully saturated rings. The first-order valence-corrected chi connectivity index (χ1v) is 5.23. The molecule has 0 aromatic carbocycles. The molecule has 1 saturated heterocycles. The lowest BCUT2D eigenvalue weighted by Gasteiger charge is -2.29. The summed E-state index contributed by atoms with van der Waals surface area (Å²) >= 11 is 5.28. The van der Waals surface area contributed by atoms with Gasteiger partial charge in [-0.2, -0.15) is 5.26 Å². The fourth-order valence-electron chi connectivity index (χ4n) is 1.86. The van der Waals surface area contributed by atoms with Crippen molar-refractivity contribution in [1.29, 1.82) is 5.26 Å². The van der Waals surface area contributed by atoms with Crippen molar-refractivity contribution in [2.24, 2.45) is 5.92 Å². The Morgan fingerprint density at radius 3 is 2.62 bits per heavy atom. The van der Waals surface area contributed by atoms with Crippen molar-refractivity contribution in [2.45, 2.75) is 45.7 Å². The Balaban J connectivity index is 2.79. The molecule has 0 aromatic heterocycles. The number of rotatable bonds is 2. The Morgan fingerprint density at radius 2 is 2.31 bits per heavy atom. The van der Waals surface area contributed by atoms with Crippen LogP contribution in [0.25, 0.3) is 0 Å². The summed E-state index contributed by atoms with van der Waals surface area (Å²) in [6.07, 6.45) is 1.82. The summed E-state index contributed by atoms with van der Waals surface area (Å²) in [5, 5.41) is 8.96. The van der Waals surface area contributed by atoms with Gasteiger partial charge in [-0.3, -0.25) is 0 Å². The average Bonchev–Trinajstić information content (AvgIpc) is 2.34. The molecule has 0 N–H and O–H groups in total. The van der Waals surface area contributed by atoms with Crippen LogP contribution in [-0.4, -0.2) is 22.0 Å². The van der Waals surface area contributed by atoms with Crippen LogP contribution in [0.5, 0.6) is 0 Å². The zero-order valence-electron chi connectivity index (χ0n) is 8.45. The highest BCUT2D eigenvalue weighted by molar-refractivity contribution is 7.80. The van der Waals surface area contributed by atoms with Crippen LogP contribution in [0.15, 0.2) is 0 Å². The highest BCUT2D eigenvalue weighted by Crippen LogP contribution is 2.28. The summed E-state index contributed by atoms with van der Waals surface area (Å²) in [4.78, 5) is 3.08. The lowest BCUT2D eigenvalue weighted by Crippen LogP contribution is -2.39. The Hall–Kier alpha value is -0.620. The van der Waals surface area contributed by atoms with Crippen molar-refractivity contribution in [3.8, 4) is 6.07 Å². The van der Waals surface area contributed by atoms with Crippen LogP contribution < -0.4 is 0 Å². The van der Waals surface area contributed by atoms with Gasteiger partial charge in [0.05, 0.1) is 11.1 Å². The van der Waals surface area contributed by atoms with Gasteiger partial charge >= 0.3 is 0 Å². The van der Waals surface area contributed by atoms with Crippen LogP contribution in [0.3, 0.4) is 0 Å². The van der Waals surface area contributed by atoms with Crippen molar-refractivity contribution in [3.05, 3.63) is 0 Å². The zero-order valence-corrected chi connectivity index (χ0v) is 9.27. The number of thiocarbonyl (C=S) groups is 1. The second kappa shape index (κ2) is 4.06. The Morgan fingerprint density at radius 1 is 1.69 bits per heavy atom. The number of nitriles is 1. The standard InChI is InChI=1S/C10H16N2S/c1-4-9(6-11)12-8(3)7(2)5-10(12)13/h7-9H,4-5H2,1-3H3. The molecule has 0 radical (unpaired) electrons. The third-order valence-electron chi connectivity index (χ3n) is 2.92. The normalized spacial score (nSPS) is 30.3. The van der Waals surface area contributed by atoms with E-state index in [1.54, 1.807) is 0 Å². The smallest absolute Gasteiger partial charge is 0.117 e. The molecular formula is C10H16N2S. The van der Waals surface area contributed by atoms with Crippen LogP contribution in [-0.2, 0) is 0 Å². The quantitative estimate of drug-likeness (QED) is 0.634. The Labute approximate surface area is 85.5 Å². The maximum absolute atomic E-state index is 8.96. The van der Waals surface area contributed by atoms with Gasteiger partial charge in [0, 0.05) is 12.5 Å². The summed E-state index contributed by atoms with van der Waals surface area (Å²) in [6, 6.07) is 2.72. The second-order valence-corrected chi connectivity index (χ2v) is 4.25. The predicted molar refractivity (Wildman–Crippen MR) is 57.4 cm³/mol. The van der Waals surface area contributed by atoms with Crippen LogP contribution >= 0.6 is 12.2 Å². The van der Waals surface area contributed by atoms with Crippen molar-refractivity contribution in [1.82, 2.24) is 4.90 Å². The molecule has 1 heterocycles.